The average molecular weight is 460 g/mol. The first kappa shape index (κ1) is 24.5. The molecule has 0 bridgehead atoms. The van der Waals surface area contributed by atoms with E-state index < -0.39 is 17.9 Å². The molecular formula is C27H29N3O4. The van der Waals surface area contributed by atoms with Gasteiger partial charge in [-0.3, -0.25) is 25.2 Å². The lowest BCUT2D eigenvalue weighted by Crippen LogP contribution is -2.47. The van der Waals surface area contributed by atoms with Crippen LogP contribution in [0, 0.1) is 13.8 Å². The first-order valence-electron chi connectivity index (χ1n) is 11.1. The molecule has 3 amide bonds. The molecule has 0 aromatic heterocycles. The van der Waals surface area contributed by atoms with E-state index >= 15 is 0 Å². The first-order chi connectivity index (χ1) is 16.3. The summed E-state index contributed by atoms with van der Waals surface area (Å²) in [6.45, 7) is 5.54. The highest BCUT2D eigenvalue weighted by atomic mass is 16.5. The maximum atomic E-state index is 12.2. The van der Waals surface area contributed by atoms with Crippen molar-refractivity contribution in [3.63, 3.8) is 0 Å². The van der Waals surface area contributed by atoms with Crippen molar-refractivity contribution < 1.29 is 19.1 Å². The monoisotopic (exact) mass is 459 g/mol. The second-order valence-corrected chi connectivity index (χ2v) is 8.04. The topological polar surface area (TPSA) is 96.5 Å². The smallest absolute Gasteiger partial charge is 0.279 e. The van der Waals surface area contributed by atoms with Gasteiger partial charge < -0.3 is 10.1 Å². The van der Waals surface area contributed by atoms with Gasteiger partial charge in [0.1, 0.15) is 5.75 Å². The Morgan fingerprint density at radius 1 is 0.765 bits per heavy atom. The van der Waals surface area contributed by atoms with E-state index in [0.29, 0.717) is 11.4 Å². The molecule has 1 atom stereocenters. The molecule has 0 spiro atoms. The molecule has 0 aliphatic carbocycles. The molecule has 3 aromatic carbocycles. The highest BCUT2D eigenvalue weighted by Gasteiger charge is 2.16. The van der Waals surface area contributed by atoms with Crippen molar-refractivity contribution >= 4 is 23.4 Å². The van der Waals surface area contributed by atoms with Crippen molar-refractivity contribution in [2.75, 3.05) is 5.32 Å². The molecule has 1 unspecified atom stereocenters. The Morgan fingerprint density at radius 2 is 1.41 bits per heavy atom. The van der Waals surface area contributed by atoms with E-state index in [-0.39, 0.29) is 18.7 Å². The molecule has 3 rings (SSSR count). The minimum absolute atomic E-state index is 0.00551. The number of amides is 3. The number of benzene rings is 3. The highest BCUT2D eigenvalue weighted by Crippen LogP contribution is 2.22. The lowest BCUT2D eigenvalue weighted by atomic mass is 10.1. The van der Waals surface area contributed by atoms with Crippen LogP contribution < -0.4 is 20.9 Å². The minimum Gasteiger partial charge on any atom is -0.481 e. The molecule has 0 saturated carbocycles. The van der Waals surface area contributed by atoms with Crippen LogP contribution in [0.25, 0.3) is 11.1 Å². The fraction of sp³-hybridized carbons (Fsp3) is 0.222. The van der Waals surface area contributed by atoms with Crippen molar-refractivity contribution in [3.05, 3.63) is 83.9 Å². The number of ether oxygens (including phenoxy) is 1. The van der Waals surface area contributed by atoms with Gasteiger partial charge in [0.25, 0.3) is 5.91 Å². The van der Waals surface area contributed by atoms with Gasteiger partial charge in [0.15, 0.2) is 6.10 Å². The second-order valence-electron chi connectivity index (χ2n) is 8.04. The van der Waals surface area contributed by atoms with Gasteiger partial charge in [0.2, 0.25) is 11.8 Å². The summed E-state index contributed by atoms with van der Waals surface area (Å²) in [7, 11) is 0. The van der Waals surface area contributed by atoms with Gasteiger partial charge in [-0.05, 0) is 67.3 Å². The third-order valence-corrected chi connectivity index (χ3v) is 5.34. The SMILES string of the molecule is Cc1ccc(NC(=O)CCC(=O)NNC(=O)C(C)Oc2ccc(-c3ccccc3)cc2)cc1C. The third kappa shape index (κ3) is 7.20. The van der Waals surface area contributed by atoms with Crippen molar-refractivity contribution in [3.8, 4) is 16.9 Å². The van der Waals surface area contributed by atoms with Crippen molar-refractivity contribution in [1.29, 1.82) is 0 Å². The van der Waals surface area contributed by atoms with Gasteiger partial charge in [0.05, 0.1) is 0 Å². The largest absolute Gasteiger partial charge is 0.481 e. The van der Waals surface area contributed by atoms with E-state index in [1.54, 1.807) is 19.1 Å². The van der Waals surface area contributed by atoms with Gasteiger partial charge in [-0.25, -0.2) is 0 Å². The average Bonchev–Trinajstić information content (AvgIpc) is 2.84. The normalized spacial score (nSPS) is 11.3. The lowest BCUT2D eigenvalue weighted by Gasteiger charge is -2.15. The number of hydrogen-bond acceptors (Lipinski definition) is 4. The van der Waals surface area contributed by atoms with E-state index in [1.165, 1.54) is 0 Å². The summed E-state index contributed by atoms with van der Waals surface area (Å²) in [6.07, 6.45) is -0.891. The molecule has 3 N–H and O–H groups in total. The van der Waals surface area contributed by atoms with Crippen LogP contribution in [0.1, 0.15) is 30.9 Å². The number of anilines is 1. The zero-order valence-electron chi connectivity index (χ0n) is 19.6. The predicted molar refractivity (Wildman–Crippen MR) is 132 cm³/mol. The summed E-state index contributed by atoms with van der Waals surface area (Å²) in [5.41, 5.74) is 9.67. The molecule has 0 heterocycles. The molecule has 0 fully saturated rings. The zero-order chi connectivity index (χ0) is 24.5. The van der Waals surface area contributed by atoms with Crippen molar-refractivity contribution in [1.82, 2.24) is 10.9 Å². The molecule has 176 valence electrons. The van der Waals surface area contributed by atoms with Gasteiger partial charge in [-0.2, -0.15) is 0 Å². The molecule has 0 radical (unpaired) electrons. The van der Waals surface area contributed by atoms with E-state index in [4.69, 9.17) is 4.74 Å². The Bertz CT molecular complexity index is 1140. The van der Waals surface area contributed by atoms with Crippen LogP contribution in [0.15, 0.2) is 72.8 Å². The lowest BCUT2D eigenvalue weighted by molar-refractivity contribution is -0.133. The summed E-state index contributed by atoms with van der Waals surface area (Å²) in [6, 6.07) is 23.0. The van der Waals surface area contributed by atoms with Gasteiger partial charge in [-0.15, -0.1) is 0 Å². The Hall–Kier alpha value is -4.13. The van der Waals surface area contributed by atoms with Crippen LogP contribution in [0.4, 0.5) is 5.69 Å². The molecule has 0 aliphatic heterocycles. The van der Waals surface area contributed by atoms with E-state index in [9.17, 15) is 14.4 Å². The van der Waals surface area contributed by atoms with Crippen LogP contribution in [-0.4, -0.2) is 23.8 Å². The second kappa shape index (κ2) is 11.7. The van der Waals surface area contributed by atoms with Gasteiger partial charge in [0, 0.05) is 18.5 Å². The third-order valence-electron chi connectivity index (χ3n) is 5.34. The number of aryl methyl sites for hydroxylation is 2. The van der Waals surface area contributed by atoms with E-state index in [1.807, 2.05) is 74.5 Å². The Kier molecular flexibility index (Phi) is 8.40. The highest BCUT2D eigenvalue weighted by molar-refractivity contribution is 5.93. The summed E-state index contributed by atoms with van der Waals surface area (Å²) < 4.78 is 5.65. The maximum Gasteiger partial charge on any atom is 0.279 e. The minimum atomic E-state index is -0.823. The Balaban J connectivity index is 1.39. The fourth-order valence-electron chi connectivity index (χ4n) is 3.18. The van der Waals surface area contributed by atoms with Crippen molar-refractivity contribution in [2.45, 2.75) is 39.7 Å². The summed E-state index contributed by atoms with van der Waals surface area (Å²) in [5.74, 6) is -0.708. The maximum absolute atomic E-state index is 12.2. The molecule has 34 heavy (non-hydrogen) atoms. The van der Waals surface area contributed by atoms with Crippen LogP contribution in [0.5, 0.6) is 5.75 Å². The van der Waals surface area contributed by atoms with Crippen LogP contribution in [0.3, 0.4) is 0 Å². The first-order valence-corrected chi connectivity index (χ1v) is 11.1. The molecular weight excluding hydrogens is 430 g/mol. The number of rotatable bonds is 8. The summed E-state index contributed by atoms with van der Waals surface area (Å²) >= 11 is 0. The number of nitrogens with one attached hydrogen (secondary N) is 3. The molecule has 7 nitrogen and oxygen atoms in total. The molecule has 3 aromatic rings. The fourth-order valence-corrected chi connectivity index (χ4v) is 3.18. The number of hydrogen-bond donors (Lipinski definition) is 3. The number of carbonyl (C=O) groups excluding carboxylic acids is 3. The van der Waals surface area contributed by atoms with Crippen LogP contribution in [-0.2, 0) is 14.4 Å². The predicted octanol–water partition coefficient (Wildman–Crippen LogP) is 4.30. The Labute approximate surface area is 199 Å². The Morgan fingerprint density at radius 3 is 2.09 bits per heavy atom. The quantitative estimate of drug-likeness (QED) is 0.438. The van der Waals surface area contributed by atoms with Crippen LogP contribution in [0.2, 0.25) is 0 Å². The summed E-state index contributed by atoms with van der Waals surface area (Å²) in [4.78, 5) is 36.3. The molecule has 7 heteroatoms. The molecule has 0 aliphatic rings. The van der Waals surface area contributed by atoms with Crippen LogP contribution >= 0.6 is 0 Å². The standard InChI is InChI=1S/C27H29N3O4/c1-18-9-12-23(17-19(18)2)28-25(31)15-16-26(32)29-30-27(33)20(3)34-24-13-10-22(11-14-24)21-7-5-4-6-8-21/h4-14,17,20H,15-16H2,1-3H3,(H,28,31)(H,29,32)(H,30,33). The van der Waals surface area contributed by atoms with Gasteiger partial charge >= 0.3 is 0 Å². The summed E-state index contributed by atoms with van der Waals surface area (Å²) in [5, 5.41) is 2.76. The van der Waals surface area contributed by atoms with Gasteiger partial charge in [-0.1, -0.05) is 48.5 Å². The van der Waals surface area contributed by atoms with E-state index in [2.05, 4.69) is 16.2 Å². The van der Waals surface area contributed by atoms with Crippen molar-refractivity contribution in [2.24, 2.45) is 0 Å². The zero-order valence-corrected chi connectivity index (χ0v) is 19.6. The number of hydrazine groups is 1. The number of carbonyl (C=O) groups is 3. The molecule has 0 saturated heterocycles. The van der Waals surface area contributed by atoms with E-state index in [0.717, 1.165) is 22.3 Å².